The van der Waals surface area contributed by atoms with E-state index < -0.39 is 16.6 Å². The molecule has 0 heterocycles. The zero-order valence-corrected chi connectivity index (χ0v) is 29.1. The van der Waals surface area contributed by atoms with E-state index >= 15 is 0 Å². The average Bonchev–Trinajstić information content (AvgIpc) is 3.11. The van der Waals surface area contributed by atoms with Crippen LogP contribution in [0.1, 0.15) is 107 Å². The van der Waals surface area contributed by atoms with E-state index in [9.17, 15) is 4.79 Å². The molecule has 0 N–H and O–H groups in total. The van der Waals surface area contributed by atoms with Crippen LogP contribution in [0.4, 0.5) is 0 Å². The van der Waals surface area contributed by atoms with Crippen molar-refractivity contribution in [2.24, 2.45) is 23.2 Å². The molecule has 0 saturated heterocycles. The predicted molar refractivity (Wildman–Crippen MR) is 168 cm³/mol. The van der Waals surface area contributed by atoms with E-state index in [-0.39, 0.29) is 33.6 Å². The van der Waals surface area contributed by atoms with Crippen LogP contribution in [0.25, 0.3) is 0 Å². The number of ketones is 1. The van der Waals surface area contributed by atoms with Crippen LogP contribution in [0.15, 0.2) is 23.8 Å². The highest BCUT2D eigenvalue weighted by molar-refractivity contribution is 6.74. The highest BCUT2D eigenvalue weighted by atomic mass is 28.4. The van der Waals surface area contributed by atoms with Crippen LogP contribution >= 0.6 is 0 Å². The van der Waals surface area contributed by atoms with E-state index in [0.717, 1.165) is 32.1 Å². The van der Waals surface area contributed by atoms with Crippen molar-refractivity contribution < 1.29 is 13.6 Å². The summed E-state index contributed by atoms with van der Waals surface area (Å²) >= 11 is 0. The SMILES string of the molecule is C=C1CC[C@@H](O[Si](C)(C)C(C)(C)C)C/C1=C\[C@@H](O[Si](C)(C)C(C)(C)C)C1CCC[C@]2(C)[C@@H](C(C)=O)CC[C@@H]12. The second kappa shape index (κ2) is 11.1. The lowest BCUT2D eigenvalue weighted by molar-refractivity contribution is -0.126. The fourth-order valence-corrected chi connectivity index (χ4v) is 9.80. The van der Waals surface area contributed by atoms with Gasteiger partial charge in [0.1, 0.15) is 5.78 Å². The van der Waals surface area contributed by atoms with Gasteiger partial charge in [0, 0.05) is 12.0 Å². The van der Waals surface area contributed by atoms with E-state index in [1.165, 1.54) is 30.4 Å². The number of hydrogen-bond donors (Lipinski definition) is 0. The summed E-state index contributed by atoms with van der Waals surface area (Å²) in [5.74, 6) is 1.62. The summed E-state index contributed by atoms with van der Waals surface area (Å²) in [4.78, 5) is 12.7. The lowest BCUT2D eigenvalue weighted by Crippen LogP contribution is -2.49. The number of carbonyl (C=O) groups excluding carboxylic acids is 1. The number of allylic oxidation sites excluding steroid dienone is 1. The molecule has 3 aliphatic carbocycles. The minimum Gasteiger partial charge on any atom is -0.414 e. The molecule has 1 unspecified atom stereocenters. The Morgan fingerprint density at radius 2 is 1.61 bits per heavy atom. The number of hydrogen-bond acceptors (Lipinski definition) is 3. The van der Waals surface area contributed by atoms with Crippen LogP contribution < -0.4 is 0 Å². The largest absolute Gasteiger partial charge is 0.414 e. The molecule has 0 amide bonds. The fraction of sp³-hybridized carbons (Fsp3) is 0.848. The summed E-state index contributed by atoms with van der Waals surface area (Å²) in [5.41, 5.74) is 2.76. The molecule has 0 aromatic carbocycles. The standard InChI is InChI=1S/C33H60O3Si2/c1-23-16-17-26(35-37(10,11)31(3,4)5)21-25(23)22-30(36-38(12,13)32(6,7)8)27-15-14-20-33(9)28(24(2)34)18-19-29(27)33/h22,26-30H,1,14-21H2,2-13H3/b25-22+/t26-,27?,28-,29+,30-,33-/m1/s1. The van der Waals surface area contributed by atoms with Gasteiger partial charge in [0.15, 0.2) is 16.6 Å². The Kier molecular flexibility index (Phi) is 9.32. The second-order valence-corrected chi connectivity index (χ2v) is 25.8. The molecule has 0 bridgehead atoms. The van der Waals surface area contributed by atoms with Crippen LogP contribution in [0.3, 0.4) is 0 Å². The minimum atomic E-state index is -2.01. The van der Waals surface area contributed by atoms with Crippen LogP contribution in [0.2, 0.25) is 36.3 Å². The van der Waals surface area contributed by atoms with Gasteiger partial charge in [-0.2, -0.15) is 0 Å². The quantitative estimate of drug-likeness (QED) is 0.291. The summed E-state index contributed by atoms with van der Waals surface area (Å²) in [5, 5.41) is 0.360. The van der Waals surface area contributed by atoms with Crippen LogP contribution in [0.5, 0.6) is 0 Å². The third-order valence-electron chi connectivity index (χ3n) is 11.6. The third-order valence-corrected chi connectivity index (χ3v) is 20.6. The van der Waals surface area contributed by atoms with Crippen molar-refractivity contribution in [3.05, 3.63) is 23.8 Å². The summed E-state index contributed by atoms with van der Waals surface area (Å²) < 4.78 is 14.3. The molecule has 218 valence electrons. The van der Waals surface area contributed by atoms with Crippen LogP contribution in [-0.2, 0) is 13.6 Å². The second-order valence-electron chi connectivity index (χ2n) is 16.3. The first-order chi connectivity index (χ1) is 17.2. The Morgan fingerprint density at radius 1 is 1.00 bits per heavy atom. The molecular weight excluding hydrogens is 501 g/mol. The minimum absolute atomic E-state index is 0.0876. The monoisotopic (exact) mass is 560 g/mol. The normalized spacial score (nSPS) is 33.4. The molecule has 3 saturated carbocycles. The molecule has 3 nitrogen and oxygen atoms in total. The van der Waals surface area contributed by atoms with Gasteiger partial charge in [0.25, 0.3) is 0 Å². The van der Waals surface area contributed by atoms with Crippen LogP contribution in [0, 0.1) is 23.2 Å². The summed E-state index contributed by atoms with van der Waals surface area (Å²) in [7, 11) is -3.85. The fourth-order valence-electron chi connectivity index (χ4n) is 7.14. The van der Waals surface area contributed by atoms with Crippen molar-refractivity contribution in [2.45, 2.75) is 155 Å². The number of Topliss-reactive ketones (excluding diaryl/α,β-unsaturated/α-hetero) is 1. The molecular formula is C33H60O3Si2. The van der Waals surface area contributed by atoms with Gasteiger partial charge < -0.3 is 8.85 Å². The molecule has 5 heteroatoms. The van der Waals surface area contributed by atoms with Crippen LogP contribution in [-0.4, -0.2) is 34.6 Å². The number of rotatable bonds is 7. The first-order valence-electron chi connectivity index (χ1n) is 15.4. The maximum Gasteiger partial charge on any atom is 0.192 e. The van der Waals surface area contributed by atoms with E-state index in [1.807, 2.05) is 6.92 Å². The predicted octanol–water partition coefficient (Wildman–Crippen LogP) is 9.86. The highest BCUT2D eigenvalue weighted by Gasteiger charge is 2.55. The Labute approximate surface area is 237 Å². The molecule has 38 heavy (non-hydrogen) atoms. The van der Waals surface area contributed by atoms with E-state index in [4.69, 9.17) is 8.85 Å². The number of carbonyl (C=O) groups is 1. The van der Waals surface area contributed by atoms with Gasteiger partial charge in [-0.25, -0.2) is 0 Å². The molecule has 0 aliphatic heterocycles. The molecule has 6 atom stereocenters. The van der Waals surface area contributed by atoms with Crippen molar-refractivity contribution in [2.75, 3.05) is 0 Å². The zero-order chi connectivity index (χ0) is 28.9. The van der Waals surface area contributed by atoms with Gasteiger partial charge in [0.2, 0.25) is 0 Å². The lowest BCUT2D eigenvalue weighted by atomic mass is 9.59. The van der Waals surface area contributed by atoms with Crippen molar-refractivity contribution in [3.8, 4) is 0 Å². The third kappa shape index (κ3) is 6.52. The zero-order valence-electron chi connectivity index (χ0n) is 27.1. The van der Waals surface area contributed by atoms with Gasteiger partial charge in [0.05, 0.1) is 6.10 Å². The first kappa shape index (κ1) is 32.0. The molecule has 3 fully saturated rings. The van der Waals surface area contributed by atoms with Crippen molar-refractivity contribution in [1.29, 1.82) is 0 Å². The first-order valence-corrected chi connectivity index (χ1v) is 21.3. The summed E-state index contributed by atoms with van der Waals surface area (Å²) in [6.07, 6.45) is 11.7. The molecule has 3 aliphatic rings. The average molecular weight is 561 g/mol. The van der Waals surface area contributed by atoms with Crippen molar-refractivity contribution in [3.63, 3.8) is 0 Å². The summed E-state index contributed by atoms with van der Waals surface area (Å²) in [6, 6.07) is 0. The topological polar surface area (TPSA) is 35.5 Å². The smallest absolute Gasteiger partial charge is 0.192 e. The van der Waals surface area contributed by atoms with E-state index in [2.05, 4.69) is 87.3 Å². The Balaban J connectivity index is 1.97. The van der Waals surface area contributed by atoms with Gasteiger partial charge in [-0.05, 0) is 111 Å². The molecule has 3 rings (SSSR count). The Morgan fingerprint density at radius 3 is 2.16 bits per heavy atom. The van der Waals surface area contributed by atoms with Crippen molar-refractivity contribution in [1.82, 2.24) is 0 Å². The van der Waals surface area contributed by atoms with Crippen molar-refractivity contribution >= 4 is 22.4 Å². The molecule has 0 spiro atoms. The summed E-state index contributed by atoms with van der Waals surface area (Å²) in [6.45, 7) is 32.3. The van der Waals surface area contributed by atoms with Gasteiger partial charge in [-0.15, -0.1) is 0 Å². The molecule has 0 aromatic heterocycles. The number of fused-ring (bicyclic) bond motifs is 1. The Bertz CT molecular complexity index is 920. The maximum absolute atomic E-state index is 12.7. The highest BCUT2D eigenvalue weighted by Crippen LogP contribution is 2.59. The van der Waals surface area contributed by atoms with Gasteiger partial charge >= 0.3 is 0 Å². The Hall–Kier alpha value is -0.496. The lowest BCUT2D eigenvalue weighted by Gasteiger charge is -2.49. The van der Waals surface area contributed by atoms with E-state index in [0.29, 0.717) is 17.6 Å². The van der Waals surface area contributed by atoms with Gasteiger partial charge in [-0.1, -0.05) is 73.1 Å². The van der Waals surface area contributed by atoms with Gasteiger partial charge in [-0.3, -0.25) is 4.79 Å². The van der Waals surface area contributed by atoms with E-state index in [1.54, 1.807) is 0 Å². The molecule has 0 radical (unpaired) electrons. The molecule has 0 aromatic rings. The maximum atomic E-state index is 12.7.